The first kappa shape index (κ1) is 15.1. The maximum atomic E-state index is 8.72. The van der Waals surface area contributed by atoms with E-state index in [-0.39, 0.29) is 11.8 Å². The summed E-state index contributed by atoms with van der Waals surface area (Å²) in [7, 11) is 0. The number of rotatable bonds is 4. The Morgan fingerprint density at radius 1 is 1.30 bits per heavy atom. The molecule has 1 fully saturated rings. The molecule has 3 N–H and O–H groups in total. The average Bonchev–Trinajstić information content (AvgIpc) is 2.63. The van der Waals surface area contributed by atoms with Crippen molar-refractivity contribution in [3.63, 3.8) is 0 Å². The van der Waals surface area contributed by atoms with Gasteiger partial charge in [0.05, 0.1) is 25.1 Å². The summed E-state index contributed by atoms with van der Waals surface area (Å²) >= 11 is 0. The highest BCUT2D eigenvalue weighted by Crippen LogP contribution is 2.19. The first-order chi connectivity index (χ1) is 11.3. The third kappa shape index (κ3) is 3.68. The van der Waals surface area contributed by atoms with Crippen LogP contribution in [0.2, 0.25) is 0 Å². The molecule has 1 aliphatic rings. The third-order valence-electron chi connectivity index (χ3n) is 3.40. The summed E-state index contributed by atoms with van der Waals surface area (Å²) in [6, 6.07) is 3.76. The summed E-state index contributed by atoms with van der Waals surface area (Å²) < 4.78 is 5.56. The number of ether oxygens (including phenoxy) is 1. The molecule has 1 saturated heterocycles. The van der Waals surface area contributed by atoms with Crippen molar-refractivity contribution in [1.29, 1.82) is 5.26 Å². The van der Waals surface area contributed by atoms with Crippen LogP contribution >= 0.6 is 0 Å². The van der Waals surface area contributed by atoms with Crippen molar-refractivity contribution in [2.45, 2.75) is 6.10 Å². The minimum atomic E-state index is 0.0134. The smallest absolute Gasteiger partial charge is 0.158 e. The van der Waals surface area contributed by atoms with E-state index in [4.69, 9.17) is 15.7 Å². The van der Waals surface area contributed by atoms with Crippen LogP contribution in [0.1, 0.15) is 5.69 Å². The molecule has 0 aromatic carbocycles. The molecule has 1 unspecified atom stereocenters. The molecular formula is C14H16N8O. The Kier molecular flexibility index (Phi) is 4.56. The number of nitrogens with one attached hydrogen (secondary N) is 1. The van der Waals surface area contributed by atoms with Crippen molar-refractivity contribution in [2.75, 3.05) is 36.5 Å². The average molecular weight is 312 g/mol. The summed E-state index contributed by atoms with van der Waals surface area (Å²) in [5.41, 5.74) is 5.93. The number of nitriles is 1. The molecule has 1 atom stereocenters. The van der Waals surface area contributed by atoms with Crippen LogP contribution in [0.15, 0.2) is 24.8 Å². The fraction of sp³-hybridized carbons (Fsp3) is 0.357. The molecule has 0 radical (unpaired) electrons. The van der Waals surface area contributed by atoms with E-state index in [2.05, 4.69) is 30.2 Å². The van der Waals surface area contributed by atoms with Crippen molar-refractivity contribution in [1.82, 2.24) is 19.9 Å². The zero-order valence-electron chi connectivity index (χ0n) is 12.4. The van der Waals surface area contributed by atoms with E-state index in [0.717, 1.165) is 12.4 Å². The van der Waals surface area contributed by atoms with E-state index in [1.54, 1.807) is 0 Å². The second-order valence-corrected chi connectivity index (χ2v) is 4.96. The summed E-state index contributed by atoms with van der Waals surface area (Å²) in [6.07, 6.45) is 4.39. The second-order valence-electron chi connectivity index (χ2n) is 4.96. The van der Waals surface area contributed by atoms with Crippen molar-refractivity contribution in [3.8, 4) is 6.07 Å². The van der Waals surface area contributed by atoms with Gasteiger partial charge in [-0.3, -0.25) is 0 Å². The molecule has 3 rings (SSSR count). The van der Waals surface area contributed by atoms with Crippen LogP contribution in [0.3, 0.4) is 0 Å². The van der Waals surface area contributed by atoms with Gasteiger partial charge in [0.25, 0.3) is 0 Å². The molecule has 2 aromatic rings. The van der Waals surface area contributed by atoms with Gasteiger partial charge in [-0.2, -0.15) is 5.26 Å². The molecule has 3 heterocycles. The Hall–Kier alpha value is -2.83. The number of hydrogen-bond donors (Lipinski definition) is 2. The molecule has 0 saturated carbocycles. The number of nitrogens with two attached hydrogens (primary N) is 1. The molecule has 23 heavy (non-hydrogen) atoms. The Bertz CT molecular complexity index is 699. The molecular weight excluding hydrogens is 296 g/mol. The first-order valence-electron chi connectivity index (χ1n) is 7.16. The molecule has 0 amide bonds. The maximum Gasteiger partial charge on any atom is 0.158 e. The lowest BCUT2D eigenvalue weighted by atomic mass is 10.2. The van der Waals surface area contributed by atoms with E-state index < -0.39 is 0 Å². The predicted octanol–water partition coefficient (Wildman–Crippen LogP) is 0.0458. The largest absolute Gasteiger partial charge is 0.373 e. The minimum Gasteiger partial charge on any atom is -0.373 e. The SMILES string of the molecule is N#Cc1cnc(Nc2cc(N3CCOC(CN)C3)ncn2)cn1. The Morgan fingerprint density at radius 2 is 2.22 bits per heavy atom. The topological polar surface area (TPSA) is 126 Å². The third-order valence-corrected chi connectivity index (χ3v) is 3.40. The van der Waals surface area contributed by atoms with E-state index >= 15 is 0 Å². The first-order valence-corrected chi connectivity index (χ1v) is 7.16. The van der Waals surface area contributed by atoms with E-state index in [1.165, 1.54) is 18.7 Å². The van der Waals surface area contributed by atoms with Gasteiger partial charge < -0.3 is 20.7 Å². The van der Waals surface area contributed by atoms with Gasteiger partial charge in [0.2, 0.25) is 0 Å². The molecule has 0 bridgehead atoms. The zero-order valence-corrected chi connectivity index (χ0v) is 12.4. The van der Waals surface area contributed by atoms with Crippen LogP contribution in [0.5, 0.6) is 0 Å². The summed E-state index contributed by atoms with van der Waals surface area (Å²) in [4.78, 5) is 18.6. The van der Waals surface area contributed by atoms with Gasteiger partial charge in [-0.15, -0.1) is 0 Å². The van der Waals surface area contributed by atoms with Gasteiger partial charge in [-0.25, -0.2) is 19.9 Å². The number of nitrogens with zero attached hydrogens (tertiary/aromatic N) is 6. The van der Waals surface area contributed by atoms with E-state index in [9.17, 15) is 0 Å². The monoisotopic (exact) mass is 312 g/mol. The Labute approximate surface area is 133 Å². The summed E-state index contributed by atoms with van der Waals surface area (Å²) in [5, 5.41) is 11.8. The van der Waals surface area contributed by atoms with Gasteiger partial charge in [0.15, 0.2) is 5.69 Å². The lowest BCUT2D eigenvalue weighted by Crippen LogP contribution is -2.46. The molecule has 1 aliphatic heterocycles. The van der Waals surface area contributed by atoms with Crippen LogP contribution in [-0.2, 0) is 4.74 Å². The molecule has 2 aromatic heterocycles. The number of morpholine rings is 1. The second kappa shape index (κ2) is 6.95. The minimum absolute atomic E-state index is 0.0134. The van der Waals surface area contributed by atoms with Gasteiger partial charge in [-0.1, -0.05) is 0 Å². The Balaban J connectivity index is 1.73. The fourth-order valence-corrected chi connectivity index (χ4v) is 2.24. The number of aromatic nitrogens is 4. The van der Waals surface area contributed by atoms with Gasteiger partial charge in [0, 0.05) is 25.7 Å². The van der Waals surface area contributed by atoms with Crippen LogP contribution in [-0.4, -0.2) is 52.3 Å². The van der Waals surface area contributed by atoms with E-state index in [1.807, 2.05) is 12.1 Å². The van der Waals surface area contributed by atoms with Gasteiger partial charge >= 0.3 is 0 Å². The lowest BCUT2D eigenvalue weighted by Gasteiger charge is -2.33. The maximum absolute atomic E-state index is 8.72. The summed E-state index contributed by atoms with van der Waals surface area (Å²) in [5.74, 6) is 1.91. The number of hydrogen-bond acceptors (Lipinski definition) is 9. The fourth-order valence-electron chi connectivity index (χ4n) is 2.24. The highest BCUT2D eigenvalue weighted by Gasteiger charge is 2.20. The van der Waals surface area contributed by atoms with E-state index in [0.29, 0.717) is 31.3 Å². The van der Waals surface area contributed by atoms with Crippen LogP contribution in [0.25, 0.3) is 0 Å². The molecule has 9 nitrogen and oxygen atoms in total. The quantitative estimate of drug-likeness (QED) is 0.804. The van der Waals surface area contributed by atoms with Crippen molar-refractivity contribution in [2.24, 2.45) is 5.73 Å². The molecule has 0 spiro atoms. The predicted molar refractivity (Wildman–Crippen MR) is 83.1 cm³/mol. The van der Waals surface area contributed by atoms with Crippen molar-refractivity contribution >= 4 is 17.5 Å². The van der Waals surface area contributed by atoms with Crippen LogP contribution in [0.4, 0.5) is 17.5 Å². The number of anilines is 3. The van der Waals surface area contributed by atoms with Gasteiger partial charge in [0.1, 0.15) is 29.9 Å². The Morgan fingerprint density at radius 3 is 2.96 bits per heavy atom. The highest BCUT2D eigenvalue weighted by molar-refractivity contribution is 5.55. The molecule has 118 valence electrons. The van der Waals surface area contributed by atoms with Gasteiger partial charge in [-0.05, 0) is 0 Å². The normalized spacial score (nSPS) is 17.6. The van der Waals surface area contributed by atoms with Crippen molar-refractivity contribution in [3.05, 3.63) is 30.5 Å². The molecule has 0 aliphatic carbocycles. The lowest BCUT2D eigenvalue weighted by molar-refractivity contribution is 0.0463. The zero-order chi connectivity index (χ0) is 16.1. The van der Waals surface area contributed by atoms with Crippen LogP contribution < -0.4 is 16.0 Å². The summed E-state index contributed by atoms with van der Waals surface area (Å²) in [6.45, 7) is 2.55. The van der Waals surface area contributed by atoms with Crippen LogP contribution in [0, 0.1) is 11.3 Å². The molecule has 9 heteroatoms. The van der Waals surface area contributed by atoms with Crippen molar-refractivity contribution < 1.29 is 4.74 Å². The highest BCUT2D eigenvalue weighted by atomic mass is 16.5. The standard InChI is InChI=1S/C14H16N8O/c15-4-10-6-18-13(7-17-10)21-12-3-14(20-9-19-12)22-1-2-23-11(5-16)8-22/h3,6-7,9,11H,1-2,5,8,16H2,(H,18,19,20,21).